The zero-order valence-corrected chi connectivity index (χ0v) is 16.5. The van der Waals surface area contributed by atoms with Crippen molar-refractivity contribution in [1.82, 2.24) is 19.4 Å². The van der Waals surface area contributed by atoms with E-state index in [2.05, 4.69) is 14.8 Å². The van der Waals surface area contributed by atoms with Crippen LogP contribution in [-0.2, 0) is 16.1 Å². The number of benzene rings is 1. The quantitative estimate of drug-likeness (QED) is 0.742. The van der Waals surface area contributed by atoms with Crippen molar-refractivity contribution in [2.45, 2.75) is 19.0 Å². The van der Waals surface area contributed by atoms with Gasteiger partial charge in [0.05, 0.1) is 36.4 Å². The van der Waals surface area contributed by atoms with E-state index in [9.17, 15) is 9.59 Å². The van der Waals surface area contributed by atoms with Crippen LogP contribution in [0.15, 0.2) is 29.3 Å². The van der Waals surface area contributed by atoms with Crippen LogP contribution < -0.4 is 10.5 Å². The number of aromatic nitrogens is 2. The zero-order chi connectivity index (χ0) is 19.7. The van der Waals surface area contributed by atoms with E-state index in [-0.39, 0.29) is 17.5 Å². The first-order valence-electron chi connectivity index (χ1n) is 9.80. The van der Waals surface area contributed by atoms with Gasteiger partial charge in [0, 0.05) is 52.6 Å². The number of hydrogen-bond acceptors (Lipinski definition) is 6. The number of amides is 1. The second-order valence-electron chi connectivity index (χ2n) is 7.52. The fourth-order valence-corrected chi connectivity index (χ4v) is 4.13. The molecule has 3 heterocycles. The summed E-state index contributed by atoms with van der Waals surface area (Å²) in [5.74, 6) is 0.244. The van der Waals surface area contributed by atoms with Crippen LogP contribution in [-0.4, -0.2) is 84.8 Å². The molecule has 8 nitrogen and oxygen atoms in total. The summed E-state index contributed by atoms with van der Waals surface area (Å²) in [6.07, 6.45) is 2.51. The molecular formula is C20H27N5O3. The lowest BCUT2D eigenvalue weighted by atomic mass is 10.1. The summed E-state index contributed by atoms with van der Waals surface area (Å²) in [5.41, 5.74) is 1.75. The Morgan fingerprint density at radius 1 is 1.14 bits per heavy atom. The molecule has 1 aromatic heterocycles. The van der Waals surface area contributed by atoms with Crippen LogP contribution in [0.3, 0.4) is 0 Å². The van der Waals surface area contributed by atoms with Crippen LogP contribution in [0.1, 0.15) is 6.42 Å². The van der Waals surface area contributed by atoms with Gasteiger partial charge in [0.15, 0.2) is 0 Å². The highest BCUT2D eigenvalue weighted by molar-refractivity contribution is 5.84. The molecule has 8 heteroatoms. The van der Waals surface area contributed by atoms with Gasteiger partial charge >= 0.3 is 0 Å². The van der Waals surface area contributed by atoms with Crippen molar-refractivity contribution in [2.24, 2.45) is 0 Å². The van der Waals surface area contributed by atoms with E-state index in [0.29, 0.717) is 24.1 Å². The third-order valence-electron chi connectivity index (χ3n) is 5.86. The normalized spacial score (nSPS) is 21.1. The molecule has 1 amide bonds. The number of methoxy groups -OCH3 is 1. The van der Waals surface area contributed by atoms with Crippen molar-refractivity contribution in [1.29, 1.82) is 0 Å². The largest absolute Gasteiger partial charge is 0.383 e. The molecule has 0 spiro atoms. The third-order valence-corrected chi connectivity index (χ3v) is 5.86. The molecule has 2 aliphatic rings. The average molecular weight is 385 g/mol. The molecule has 2 saturated heterocycles. The Balaban J connectivity index is 1.47. The van der Waals surface area contributed by atoms with Crippen LogP contribution >= 0.6 is 0 Å². The lowest BCUT2D eigenvalue weighted by Crippen LogP contribution is -2.52. The minimum atomic E-state index is -0.0396. The maximum Gasteiger partial charge on any atom is 0.261 e. The molecule has 0 saturated carbocycles. The molecule has 2 aromatic rings. The molecule has 0 aliphatic carbocycles. The fourth-order valence-electron chi connectivity index (χ4n) is 4.13. The number of piperazine rings is 1. The highest BCUT2D eigenvalue weighted by Gasteiger charge is 2.35. The first kappa shape index (κ1) is 18.9. The topological polar surface area (TPSA) is 70.9 Å². The van der Waals surface area contributed by atoms with Gasteiger partial charge in [-0.3, -0.25) is 19.1 Å². The third kappa shape index (κ3) is 3.49. The van der Waals surface area contributed by atoms with E-state index < -0.39 is 0 Å². The first-order chi connectivity index (χ1) is 13.6. The summed E-state index contributed by atoms with van der Waals surface area (Å²) in [6, 6.07) is 5.89. The van der Waals surface area contributed by atoms with Gasteiger partial charge in [0.25, 0.3) is 5.56 Å². The second kappa shape index (κ2) is 7.89. The summed E-state index contributed by atoms with van der Waals surface area (Å²) < 4.78 is 6.63. The molecule has 2 aliphatic heterocycles. The highest BCUT2D eigenvalue weighted by atomic mass is 16.5. The molecular weight excluding hydrogens is 358 g/mol. The number of likely N-dealkylation sites (N-methyl/N-ethyl adjacent to an activating group) is 1. The smallest absolute Gasteiger partial charge is 0.261 e. The molecule has 1 atom stereocenters. The Morgan fingerprint density at radius 2 is 1.93 bits per heavy atom. The summed E-state index contributed by atoms with van der Waals surface area (Å²) in [6.45, 7) is 5.30. The number of likely N-dealkylation sites (tertiary alicyclic amines) is 1. The minimum Gasteiger partial charge on any atom is -0.383 e. The van der Waals surface area contributed by atoms with E-state index in [1.807, 2.05) is 30.1 Å². The monoisotopic (exact) mass is 385 g/mol. The van der Waals surface area contributed by atoms with Crippen LogP contribution in [0, 0.1) is 0 Å². The summed E-state index contributed by atoms with van der Waals surface area (Å²) in [7, 11) is 3.50. The van der Waals surface area contributed by atoms with Gasteiger partial charge in [-0.15, -0.1) is 0 Å². The minimum absolute atomic E-state index is 0.0380. The second-order valence-corrected chi connectivity index (χ2v) is 7.52. The van der Waals surface area contributed by atoms with E-state index in [4.69, 9.17) is 4.74 Å². The summed E-state index contributed by atoms with van der Waals surface area (Å²) >= 11 is 0. The number of ether oxygens (including phenoxy) is 1. The molecule has 2 fully saturated rings. The van der Waals surface area contributed by atoms with Crippen molar-refractivity contribution in [3.63, 3.8) is 0 Å². The van der Waals surface area contributed by atoms with E-state index >= 15 is 0 Å². The maximum absolute atomic E-state index is 12.6. The molecule has 4 rings (SSSR count). The molecule has 1 aromatic carbocycles. The number of rotatable bonds is 5. The van der Waals surface area contributed by atoms with E-state index in [1.165, 1.54) is 0 Å². The predicted octanol–water partition coefficient (Wildman–Crippen LogP) is 0.396. The molecule has 1 unspecified atom stereocenters. The average Bonchev–Trinajstić information content (AvgIpc) is 3.06. The molecule has 150 valence electrons. The predicted molar refractivity (Wildman–Crippen MR) is 108 cm³/mol. The van der Waals surface area contributed by atoms with Crippen molar-refractivity contribution < 1.29 is 9.53 Å². The molecule has 0 N–H and O–H groups in total. The van der Waals surface area contributed by atoms with Gasteiger partial charge in [0.2, 0.25) is 5.91 Å². The summed E-state index contributed by atoms with van der Waals surface area (Å²) in [4.78, 5) is 35.7. The Hall–Kier alpha value is -2.45. The number of carbonyl (C=O) groups is 1. The maximum atomic E-state index is 12.6. The zero-order valence-electron chi connectivity index (χ0n) is 16.5. The van der Waals surface area contributed by atoms with Crippen LogP contribution in [0.2, 0.25) is 0 Å². The van der Waals surface area contributed by atoms with Crippen LogP contribution in [0.5, 0.6) is 0 Å². The lowest BCUT2D eigenvalue weighted by Gasteiger charge is -2.38. The van der Waals surface area contributed by atoms with Crippen LogP contribution in [0.4, 0.5) is 5.69 Å². The Morgan fingerprint density at radius 3 is 2.61 bits per heavy atom. The van der Waals surface area contributed by atoms with Gasteiger partial charge in [-0.25, -0.2) is 4.98 Å². The van der Waals surface area contributed by atoms with Gasteiger partial charge in [-0.1, -0.05) is 0 Å². The highest BCUT2D eigenvalue weighted by Crippen LogP contribution is 2.23. The van der Waals surface area contributed by atoms with E-state index in [1.54, 1.807) is 18.0 Å². The first-order valence-corrected chi connectivity index (χ1v) is 9.80. The van der Waals surface area contributed by atoms with E-state index in [0.717, 1.165) is 44.8 Å². The number of hydrogen-bond donors (Lipinski definition) is 0. The van der Waals surface area contributed by atoms with Crippen molar-refractivity contribution >= 4 is 22.5 Å². The van der Waals surface area contributed by atoms with Gasteiger partial charge in [-0.05, 0) is 24.6 Å². The Bertz CT molecular complexity index is 920. The fraction of sp³-hybridized carbons (Fsp3) is 0.550. The standard InChI is InChI=1S/C20H27N5O3/c1-22-6-5-18(20(22)27)24-9-7-23(8-10-24)15-3-4-16-17(13-15)21-14-25(19(16)26)11-12-28-2/h3-4,13-14,18H,5-12H2,1-2H3. The summed E-state index contributed by atoms with van der Waals surface area (Å²) in [5, 5.41) is 0.626. The Labute approximate surface area is 164 Å². The SMILES string of the molecule is COCCn1cnc2cc(N3CCN(C4CCN(C)C4=O)CC3)ccc2c1=O. The van der Waals surface area contributed by atoms with Crippen molar-refractivity contribution in [3.8, 4) is 0 Å². The number of fused-ring (bicyclic) bond motifs is 1. The number of nitrogens with zero attached hydrogens (tertiary/aromatic N) is 5. The molecule has 0 radical (unpaired) electrons. The molecule has 28 heavy (non-hydrogen) atoms. The number of anilines is 1. The lowest BCUT2D eigenvalue weighted by molar-refractivity contribution is -0.131. The van der Waals surface area contributed by atoms with Crippen molar-refractivity contribution in [3.05, 3.63) is 34.9 Å². The van der Waals surface area contributed by atoms with Gasteiger partial charge in [0.1, 0.15) is 0 Å². The van der Waals surface area contributed by atoms with Crippen molar-refractivity contribution in [2.75, 3.05) is 58.4 Å². The van der Waals surface area contributed by atoms with Gasteiger partial charge in [-0.2, -0.15) is 0 Å². The van der Waals surface area contributed by atoms with Crippen LogP contribution in [0.25, 0.3) is 10.9 Å². The molecule has 0 bridgehead atoms. The van der Waals surface area contributed by atoms with Gasteiger partial charge < -0.3 is 14.5 Å². The Kier molecular flexibility index (Phi) is 5.32. The number of carbonyl (C=O) groups excluding carboxylic acids is 1.